The monoisotopic (exact) mass is 626 g/mol. The molecule has 0 aliphatic rings. The summed E-state index contributed by atoms with van der Waals surface area (Å²) >= 11 is 0. The molecule has 0 radical (unpaired) electrons. The summed E-state index contributed by atoms with van der Waals surface area (Å²) in [6.07, 6.45) is -1.25. The first-order valence-corrected chi connectivity index (χ1v) is 13.8. The van der Waals surface area contributed by atoms with Crippen molar-refractivity contribution in [2.24, 2.45) is 0 Å². The van der Waals surface area contributed by atoms with Gasteiger partial charge in [0.2, 0.25) is 0 Å². The van der Waals surface area contributed by atoms with Gasteiger partial charge in [0.25, 0.3) is 0 Å². The van der Waals surface area contributed by atoms with Crippen LogP contribution in [0.3, 0.4) is 0 Å². The van der Waals surface area contributed by atoms with E-state index >= 15 is 0 Å². The normalized spacial score (nSPS) is 9.83. The van der Waals surface area contributed by atoms with E-state index in [-0.39, 0.29) is 48.6 Å². The molecule has 0 aliphatic carbocycles. The molecule has 0 aliphatic heterocycles. The molecule has 0 atom stereocenters. The summed E-state index contributed by atoms with van der Waals surface area (Å²) in [5.41, 5.74) is 14.6. The lowest BCUT2D eigenvalue weighted by molar-refractivity contribution is 0.0586. The van der Waals surface area contributed by atoms with Crippen molar-refractivity contribution in [1.29, 1.82) is 0 Å². The molecule has 238 valence electrons. The summed E-state index contributed by atoms with van der Waals surface area (Å²) in [4.78, 5) is 52.7. The van der Waals surface area contributed by atoms with Crippen LogP contribution in [0.25, 0.3) is 0 Å². The summed E-state index contributed by atoms with van der Waals surface area (Å²) in [5.74, 6) is 9.36. The standard InChI is InChI=1S/C34H34N4O8/c1-37(21-23-9-5-13-27(35)17-23)33(41)45-15-7-11-25-19-30(32(40)44-4)26(20-29(25)31(39)43-3)12-8-16-46-34(42)38(2)22-24-10-6-14-28(36)18-24/h5-6,9-10,13-14,17-20H,15-16,21-22,35-36H2,1-4H3. The Morgan fingerprint density at radius 1 is 0.652 bits per heavy atom. The van der Waals surface area contributed by atoms with Gasteiger partial charge in [-0.15, -0.1) is 0 Å². The highest BCUT2D eigenvalue weighted by atomic mass is 16.6. The number of nitrogen functional groups attached to an aromatic ring is 2. The van der Waals surface area contributed by atoms with E-state index in [4.69, 9.17) is 30.4 Å². The maximum absolute atomic E-state index is 12.6. The van der Waals surface area contributed by atoms with E-state index in [1.165, 1.54) is 36.2 Å². The van der Waals surface area contributed by atoms with Crippen molar-refractivity contribution in [3.8, 4) is 23.7 Å². The molecule has 0 bridgehead atoms. The fourth-order valence-corrected chi connectivity index (χ4v) is 4.10. The maximum atomic E-state index is 12.6. The summed E-state index contributed by atoms with van der Waals surface area (Å²) in [5, 5.41) is 0. The molecular weight excluding hydrogens is 592 g/mol. The van der Waals surface area contributed by atoms with E-state index in [0.29, 0.717) is 11.4 Å². The Bertz CT molecular complexity index is 1600. The fraction of sp³-hybridized carbons (Fsp3) is 0.235. The molecule has 3 aromatic rings. The van der Waals surface area contributed by atoms with Crippen molar-refractivity contribution in [1.82, 2.24) is 9.80 Å². The molecule has 12 nitrogen and oxygen atoms in total. The van der Waals surface area contributed by atoms with Crippen molar-refractivity contribution < 1.29 is 38.1 Å². The molecule has 0 heterocycles. The number of ether oxygens (including phenoxy) is 4. The van der Waals surface area contributed by atoms with Gasteiger partial charge in [-0.2, -0.15) is 0 Å². The van der Waals surface area contributed by atoms with Gasteiger partial charge >= 0.3 is 24.1 Å². The second-order valence-electron chi connectivity index (χ2n) is 9.84. The van der Waals surface area contributed by atoms with Crippen LogP contribution in [0.1, 0.15) is 43.0 Å². The van der Waals surface area contributed by atoms with Crippen LogP contribution in [0.2, 0.25) is 0 Å². The zero-order valence-corrected chi connectivity index (χ0v) is 25.9. The van der Waals surface area contributed by atoms with Crippen LogP contribution >= 0.6 is 0 Å². The number of carbonyl (C=O) groups excluding carboxylic acids is 4. The first kappa shape index (κ1) is 34.4. The molecule has 0 unspecified atom stereocenters. The topological polar surface area (TPSA) is 164 Å². The van der Waals surface area contributed by atoms with Crippen LogP contribution in [0, 0.1) is 23.7 Å². The number of carbonyl (C=O) groups is 4. The van der Waals surface area contributed by atoms with Gasteiger partial charge in [-0.1, -0.05) is 47.9 Å². The van der Waals surface area contributed by atoms with Crippen LogP contribution < -0.4 is 11.5 Å². The zero-order chi connectivity index (χ0) is 33.6. The van der Waals surface area contributed by atoms with Gasteiger partial charge in [-0.3, -0.25) is 0 Å². The molecule has 2 amide bonds. The average Bonchev–Trinajstić information content (AvgIpc) is 3.04. The third kappa shape index (κ3) is 9.96. The largest absolute Gasteiger partial charge is 0.465 e. The predicted octanol–water partition coefficient (Wildman–Crippen LogP) is 3.66. The zero-order valence-electron chi connectivity index (χ0n) is 25.9. The number of rotatable bonds is 8. The van der Waals surface area contributed by atoms with E-state index in [2.05, 4.69) is 23.7 Å². The molecule has 3 rings (SSSR count). The Kier molecular flexibility index (Phi) is 12.4. The summed E-state index contributed by atoms with van der Waals surface area (Å²) in [6, 6.07) is 16.9. The number of esters is 2. The van der Waals surface area contributed by atoms with Gasteiger partial charge in [0, 0.05) is 49.7 Å². The molecular formula is C34H34N4O8. The maximum Gasteiger partial charge on any atom is 0.410 e. The van der Waals surface area contributed by atoms with Crippen molar-refractivity contribution in [3.63, 3.8) is 0 Å². The van der Waals surface area contributed by atoms with Crippen molar-refractivity contribution in [2.45, 2.75) is 13.1 Å². The molecule has 46 heavy (non-hydrogen) atoms. The van der Waals surface area contributed by atoms with Gasteiger partial charge in [0.15, 0.2) is 13.2 Å². The third-order valence-electron chi connectivity index (χ3n) is 6.31. The smallest absolute Gasteiger partial charge is 0.410 e. The highest BCUT2D eigenvalue weighted by Gasteiger charge is 2.19. The van der Waals surface area contributed by atoms with E-state index in [1.807, 2.05) is 12.1 Å². The van der Waals surface area contributed by atoms with Crippen molar-refractivity contribution in [3.05, 3.63) is 94.0 Å². The van der Waals surface area contributed by atoms with Crippen LogP contribution in [-0.2, 0) is 32.0 Å². The molecule has 0 fully saturated rings. The SMILES string of the molecule is COC(=O)c1cc(C#CCOC(=O)N(C)Cc2cccc(N)c2)c(C(=O)OC)cc1C#CCOC(=O)N(C)Cc1cccc(N)c1. The Hall–Kier alpha value is -6.14. The van der Waals surface area contributed by atoms with Crippen LogP contribution in [0.15, 0.2) is 60.7 Å². The molecule has 12 heteroatoms. The van der Waals surface area contributed by atoms with Gasteiger partial charge in [-0.25, -0.2) is 19.2 Å². The summed E-state index contributed by atoms with van der Waals surface area (Å²) < 4.78 is 20.2. The number of methoxy groups -OCH3 is 2. The van der Waals surface area contributed by atoms with Crippen molar-refractivity contribution >= 4 is 35.5 Å². The molecule has 0 saturated carbocycles. The lowest BCUT2D eigenvalue weighted by atomic mass is 9.98. The number of amides is 2. The number of nitrogens with zero attached hydrogens (tertiary/aromatic N) is 2. The summed E-state index contributed by atoms with van der Waals surface area (Å²) in [7, 11) is 5.52. The number of anilines is 2. The van der Waals surface area contributed by atoms with Gasteiger partial charge in [0.05, 0.1) is 25.3 Å². The molecule has 4 N–H and O–H groups in total. The second kappa shape index (κ2) is 16.6. The summed E-state index contributed by atoms with van der Waals surface area (Å²) in [6.45, 7) is -0.0531. The van der Waals surface area contributed by atoms with Crippen LogP contribution in [0.4, 0.5) is 21.0 Å². The quantitative estimate of drug-likeness (QED) is 0.163. The lowest BCUT2D eigenvalue weighted by Gasteiger charge is -2.16. The van der Waals surface area contributed by atoms with E-state index in [1.54, 1.807) is 50.5 Å². The number of benzene rings is 3. The first-order chi connectivity index (χ1) is 22.0. The molecule has 3 aromatic carbocycles. The number of hydrogen-bond acceptors (Lipinski definition) is 10. The fourth-order valence-electron chi connectivity index (χ4n) is 4.10. The molecule has 0 saturated heterocycles. The molecule has 0 aromatic heterocycles. The van der Waals surface area contributed by atoms with Crippen molar-refractivity contribution in [2.75, 3.05) is 53.0 Å². The highest BCUT2D eigenvalue weighted by molar-refractivity contribution is 5.98. The van der Waals surface area contributed by atoms with Gasteiger partial charge < -0.3 is 40.2 Å². The average molecular weight is 627 g/mol. The highest BCUT2D eigenvalue weighted by Crippen LogP contribution is 2.19. The Morgan fingerprint density at radius 2 is 1.04 bits per heavy atom. The Balaban J connectivity index is 1.72. The minimum atomic E-state index is -0.739. The van der Waals surface area contributed by atoms with Crippen LogP contribution in [0.5, 0.6) is 0 Å². The van der Waals surface area contributed by atoms with E-state index in [9.17, 15) is 19.2 Å². The predicted molar refractivity (Wildman–Crippen MR) is 170 cm³/mol. The second-order valence-corrected chi connectivity index (χ2v) is 9.84. The van der Waals surface area contributed by atoms with E-state index in [0.717, 1.165) is 11.1 Å². The molecule has 0 spiro atoms. The minimum absolute atomic E-state index is 0.0101. The number of hydrogen-bond donors (Lipinski definition) is 2. The van der Waals surface area contributed by atoms with Crippen LogP contribution in [-0.4, -0.2) is 75.5 Å². The first-order valence-electron chi connectivity index (χ1n) is 13.8. The van der Waals surface area contributed by atoms with E-state index < -0.39 is 24.1 Å². The Morgan fingerprint density at radius 3 is 1.39 bits per heavy atom. The Labute approximate surface area is 267 Å². The minimum Gasteiger partial charge on any atom is -0.465 e. The van der Waals surface area contributed by atoms with Gasteiger partial charge in [0.1, 0.15) is 0 Å². The third-order valence-corrected chi connectivity index (χ3v) is 6.31. The number of nitrogens with two attached hydrogens (primary N) is 2. The lowest BCUT2D eigenvalue weighted by Crippen LogP contribution is -2.27. The van der Waals surface area contributed by atoms with Gasteiger partial charge in [-0.05, 0) is 47.5 Å².